The van der Waals surface area contributed by atoms with Crippen LogP contribution in [-0.2, 0) is 10.0 Å². The van der Waals surface area contributed by atoms with Crippen LogP contribution >= 0.6 is 0 Å². The predicted octanol–water partition coefficient (Wildman–Crippen LogP) is 2.55. The maximum absolute atomic E-state index is 14.0. The van der Waals surface area contributed by atoms with Gasteiger partial charge in [-0.3, -0.25) is 4.31 Å². The van der Waals surface area contributed by atoms with Gasteiger partial charge in [0.05, 0.1) is 11.4 Å². The Kier molecular flexibility index (Phi) is 3.29. The van der Waals surface area contributed by atoms with Crippen LogP contribution in [0.4, 0.5) is 14.5 Å². The van der Waals surface area contributed by atoms with Crippen molar-refractivity contribution in [3.8, 4) is 5.75 Å². The van der Waals surface area contributed by atoms with Crippen LogP contribution in [-0.4, -0.2) is 21.6 Å². The Bertz CT molecular complexity index is 775. The minimum absolute atomic E-state index is 0.00631. The molecule has 1 aliphatic heterocycles. The molecular weight excluding hydrogens is 300 g/mol. The fourth-order valence-corrected chi connectivity index (χ4v) is 3.65. The molecule has 0 amide bonds. The molecule has 0 unspecified atom stereocenters. The molecule has 7 heteroatoms. The number of benzene rings is 2. The highest BCUT2D eigenvalue weighted by molar-refractivity contribution is 7.92. The third-order valence-electron chi connectivity index (χ3n) is 3.15. The van der Waals surface area contributed by atoms with Gasteiger partial charge in [-0.25, -0.2) is 17.2 Å². The van der Waals surface area contributed by atoms with E-state index in [1.807, 2.05) is 0 Å². The largest absolute Gasteiger partial charge is 0.489 e. The van der Waals surface area contributed by atoms with Crippen molar-refractivity contribution >= 4 is 15.7 Å². The highest BCUT2D eigenvalue weighted by Gasteiger charge is 2.32. The van der Waals surface area contributed by atoms with E-state index in [1.54, 1.807) is 0 Å². The van der Waals surface area contributed by atoms with E-state index < -0.39 is 21.7 Å². The summed E-state index contributed by atoms with van der Waals surface area (Å²) in [5.41, 5.74) is -0.118. The molecule has 21 heavy (non-hydrogen) atoms. The lowest BCUT2D eigenvalue weighted by Crippen LogP contribution is -2.38. The van der Waals surface area contributed by atoms with Crippen LogP contribution in [0.3, 0.4) is 0 Å². The van der Waals surface area contributed by atoms with Gasteiger partial charge in [0.2, 0.25) is 0 Å². The summed E-state index contributed by atoms with van der Waals surface area (Å²) >= 11 is 0. The van der Waals surface area contributed by atoms with Gasteiger partial charge >= 0.3 is 0 Å². The van der Waals surface area contributed by atoms with E-state index in [0.29, 0.717) is 0 Å². The second-order valence-electron chi connectivity index (χ2n) is 4.47. The van der Waals surface area contributed by atoms with E-state index in [-0.39, 0.29) is 29.5 Å². The molecule has 2 aromatic carbocycles. The minimum atomic E-state index is -3.97. The van der Waals surface area contributed by atoms with Gasteiger partial charge in [-0.05, 0) is 36.4 Å². The summed E-state index contributed by atoms with van der Waals surface area (Å²) in [6.07, 6.45) is 0. The predicted molar refractivity (Wildman–Crippen MR) is 72.8 cm³/mol. The summed E-state index contributed by atoms with van der Waals surface area (Å²) in [7, 11) is -3.97. The standard InChI is InChI=1S/C14H11F2NO3S/c15-10-4-6-11(7-5-10)21(18,19)17-8-9-20-13-3-1-2-12(16)14(13)17/h1-7H,8-9H2. The van der Waals surface area contributed by atoms with Crippen LogP contribution in [0.1, 0.15) is 0 Å². The lowest BCUT2D eigenvalue weighted by molar-refractivity contribution is 0.313. The molecule has 1 aliphatic rings. The number of anilines is 1. The zero-order valence-corrected chi connectivity index (χ0v) is 11.6. The number of hydrogen-bond acceptors (Lipinski definition) is 3. The summed E-state index contributed by atoms with van der Waals surface area (Å²) in [5.74, 6) is -1.05. The molecule has 1 heterocycles. The summed E-state index contributed by atoms with van der Waals surface area (Å²) in [6.45, 7) is 0.116. The van der Waals surface area contributed by atoms with Gasteiger partial charge in [0, 0.05) is 0 Å². The SMILES string of the molecule is O=S(=O)(c1ccc(F)cc1)N1CCOc2cccc(F)c21. The van der Waals surface area contributed by atoms with Crippen LogP contribution in [0.5, 0.6) is 5.75 Å². The van der Waals surface area contributed by atoms with Gasteiger partial charge in [-0.1, -0.05) is 6.07 Å². The Hall–Kier alpha value is -2.15. The number of halogens is 2. The normalized spacial score (nSPS) is 14.5. The van der Waals surface area contributed by atoms with Gasteiger partial charge < -0.3 is 4.74 Å². The van der Waals surface area contributed by atoms with Crippen molar-refractivity contribution in [2.75, 3.05) is 17.5 Å². The summed E-state index contributed by atoms with van der Waals surface area (Å²) in [5, 5.41) is 0. The molecule has 0 N–H and O–H groups in total. The topological polar surface area (TPSA) is 46.6 Å². The number of sulfonamides is 1. The minimum Gasteiger partial charge on any atom is -0.489 e. The third kappa shape index (κ3) is 2.33. The quantitative estimate of drug-likeness (QED) is 0.856. The van der Waals surface area contributed by atoms with Crippen molar-refractivity contribution in [1.82, 2.24) is 0 Å². The van der Waals surface area contributed by atoms with Crippen LogP contribution in [0, 0.1) is 11.6 Å². The molecule has 0 radical (unpaired) electrons. The molecule has 0 aromatic heterocycles. The molecule has 110 valence electrons. The van der Waals surface area contributed by atoms with Crippen LogP contribution in [0.25, 0.3) is 0 Å². The van der Waals surface area contributed by atoms with E-state index in [0.717, 1.165) is 28.6 Å². The van der Waals surface area contributed by atoms with E-state index in [1.165, 1.54) is 18.2 Å². The second kappa shape index (κ2) is 5.00. The second-order valence-corrected chi connectivity index (χ2v) is 6.33. The van der Waals surface area contributed by atoms with Gasteiger partial charge in [0.25, 0.3) is 10.0 Å². The maximum Gasteiger partial charge on any atom is 0.264 e. The van der Waals surface area contributed by atoms with Crippen LogP contribution < -0.4 is 9.04 Å². The average molecular weight is 311 g/mol. The van der Waals surface area contributed by atoms with Gasteiger partial charge in [-0.2, -0.15) is 0 Å². The van der Waals surface area contributed by atoms with Gasteiger partial charge in [-0.15, -0.1) is 0 Å². The van der Waals surface area contributed by atoms with Crippen molar-refractivity contribution in [3.63, 3.8) is 0 Å². The third-order valence-corrected chi connectivity index (χ3v) is 4.97. The molecule has 0 fully saturated rings. The van der Waals surface area contributed by atoms with E-state index in [2.05, 4.69) is 0 Å². The lowest BCUT2D eigenvalue weighted by atomic mass is 10.2. The highest BCUT2D eigenvalue weighted by Crippen LogP contribution is 2.37. The number of fused-ring (bicyclic) bond motifs is 1. The van der Waals surface area contributed by atoms with E-state index in [9.17, 15) is 17.2 Å². The monoisotopic (exact) mass is 311 g/mol. The van der Waals surface area contributed by atoms with Gasteiger partial charge in [0.15, 0.2) is 5.82 Å². The van der Waals surface area contributed by atoms with Crippen molar-refractivity contribution in [1.29, 1.82) is 0 Å². The number of nitrogens with zero attached hydrogens (tertiary/aromatic N) is 1. The van der Waals surface area contributed by atoms with Crippen molar-refractivity contribution in [2.24, 2.45) is 0 Å². The number of ether oxygens (including phenoxy) is 1. The van der Waals surface area contributed by atoms with Gasteiger partial charge in [0.1, 0.15) is 23.9 Å². The Labute approximate surface area is 120 Å². The Morgan fingerprint density at radius 2 is 1.76 bits per heavy atom. The fourth-order valence-electron chi connectivity index (χ4n) is 2.18. The Morgan fingerprint density at radius 1 is 1.05 bits per heavy atom. The summed E-state index contributed by atoms with van der Waals surface area (Å²) < 4.78 is 58.3. The molecule has 0 aliphatic carbocycles. The fraction of sp³-hybridized carbons (Fsp3) is 0.143. The Balaban J connectivity index is 2.12. The average Bonchev–Trinajstić information content (AvgIpc) is 2.47. The molecular formula is C14H11F2NO3S. The van der Waals surface area contributed by atoms with E-state index >= 15 is 0 Å². The van der Waals surface area contributed by atoms with Crippen LogP contribution in [0.15, 0.2) is 47.4 Å². The first kappa shape index (κ1) is 13.8. The number of hydrogen-bond donors (Lipinski definition) is 0. The molecule has 0 atom stereocenters. The molecule has 4 nitrogen and oxygen atoms in total. The smallest absolute Gasteiger partial charge is 0.264 e. The first-order chi connectivity index (χ1) is 10.00. The molecule has 0 spiro atoms. The zero-order chi connectivity index (χ0) is 15.0. The first-order valence-electron chi connectivity index (χ1n) is 6.20. The molecule has 0 saturated carbocycles. The van der Waals surface area contributed by atoms with Crippen molar-refractivity contribution in [2.45, 2.75) is 4.90 Å². The first-order valence-corrected chi connectivity index (χ1v) is 7.64. The summed E-state index contributed by atoms with van der Waals surface area (Å²) in [4.78, 5) is -0.0972. The molecule has 2 aromatic rings. The lowest BCUT2D eigenvalue weighted by Gasteiger charge is -2.30. The maximum atomic E-state index is 14.0. The van der Waals surface area contributed by atoms with Crippen molar-refractivity contribution < 1.29 is 21.9 Å². The molecule has 0 saturated heterocycles. The molecule has 3 rings (SSSR count). The van der Waals surface area contributed by atoms with Crippen LogP contribution in [0.2, 0.25) is 0 Å². The summed E-state index contributed by atoms with van der Waals surface area (Å²) in [6, 6.07) is 8.53. The number of rotatable bonds is 2. The van der Waals surface area contributed by atoms with Crippen molar-refractivity contribution in [3.05, 3.63) is 54.1 Å². The Morgan fingerprint density at radius 3 is 2.48 bits per heavy atom. The zero-order valence-electron chi connectivity index (χ0n) is 10.8. The highest BCUT2D eigenvalue weighted by atomic mass is 32.2. The number of para-hydroxylation sites is 1. The van der Waals surface area contributed by atoms with E-state index in [4.69, 9.17) is 4.74 Å². The molecule has 0 bridgehead atoms.